The molecule has 100 valence electrons. The molecule has 4 heteroatoms. The summed E-state index contributed by atoms with van der Waals surface area (Å²) in [5, 5.41) is 3.67. The number of hydrogen-bond acceptors (Lipinski definition) is 4. The monoisotopic (exact) mass is 242 g/mol. The summed E-state index contributed by atoms with van der Waals surface area (Å²) in [6.07, 6.45) is 2.44. The summed E-state index contributed by atoms with van der Waals surface area (Å²) in [4.78, 5) is 2.43. The third-order valence-electron chi connectivity index (χ3n) is 3.94. The maximum Gasteiger partial charge on any atom is 0.162 e. The fourth-order valence-corrected chi connectivity index (χ4v) is 2.56. The minimum Gasteiger partial charge on any atom is -0.349 e. The molecule has 0 aromatic heterocycles. The Labute approximate surface area is 105 Å². The Morgan fingerprint density at radius 3 is 2.41 bits per heavy atom. The van der Waals surface area contributed by atoms with Gasteiger partial charge < -0.3 is 19.7 Å². The first-order chi connectivity index (χ1) is 7.96. The molecular weight excluding hydrogens is 216 g/mol. The number of hydrogen-bond donors (Lipinski definition) is 1. The lowest BCUT2D eigenvalue weighted by atomic mass is 9.98. The average Bonchev–Trinajstić information content (AvgIpc) is 2.27. The van der Waals surface area contributed by atoms with Crippen LogP contribution in [0.15, 0.2) is 0 Å². The van der Waals surface area contributed by atoms with E-state index in [-0.39, 0.29) is 0 Å². The van der Waals surface area contributed by atoms with Gasteiger partial charge in [-0.2, -0.15) is 0 Å². The molecule has 17 heavy (non-hydrogen) atoms. The van der Waals surface area contributed by atoms with Gasteiger partial charge in [0.25, 0.3) is 0 Å². The van der Waals surface area contributed by atoms with E-state index in [1.807, 2.05) is 13.8 Å². The third-order valence-corrected chi connectivity index (χ3v) is 3.94. The summed E-state index contributed by atoms with van der Waals surface area (Å²) in [6, 6.07) is 1.63. The van der Waals surface area contributed by atoms with Gasteiger partial charge in [0.05, 0.1) is 19.3 Å². The van der Waals surface area contributed by atoms with Gasteiger partial charge in [0, 0.05) is 12.1 Å². The molecule has 0 aliphatic carbocycles. The molecule has 0 spiro atoms. The van der Waals surface area contributed by atoms with Crippen LogP contribution in [0, 0.1) is 0 Å². The summed E-state index contributed by atoms with van der Waals surface area (Å²) in [7, 11) is 2.20. The van der Waals surface area contributed by atoms with Crippen LogP contribution in [0.3, 0.4) is 0 Å². The first kappa shape index (κ1) is 13.3. The van der Waals surface area contributed by atoms with Crippen LogP contribution < -0.4 is 5.32 Å². The molecule has 1 N–H and O–H groups in total. The number of nitrogens with zero attached hydrogens (tertiary/aromatic N) is 1. The van der Waals surface area contributed by atoms with E-state index in [4.69, 9.17) is 9.47 Å². The quantitative estimate of drug-likeness (QED) is 0.789. The van der Waals surface area contributed by atoms with Gasteiger partial charge in [-0.3, -0.25) is 0 Å². The highest BCUT2D eigenvalue weighted by Gasteiger charge is 2.31. The van der Waals surface area contributed by atoms with E-state index in [0.717, 1.165) is 13.2 Å². The lowest BCUT2D eigenvalue weighted by Gasteiger charge is -2.40. The number of nitrogens with one attached hydrogen (secondary N) is 1. The van der Waals surface area contributed by atoms with Crippen LogP contribution >= 0.6 is 0 Å². The highest BCUT2D eigenvalue weighted by molar-refractivity contribution is 4.85. The molecule has 0 aromatic rings. The lowest BCUT2D eigenvalue weighted by molar-refractivity contribution is -0.253. The predicted octanol–water partition coefficient (Wildman–Crippen LogP) is 1.21. The van der Waals surface area contributed by atoms with E-state index in [1.165, 1.54) is 19.4 Å². The van der Waals surface area contributed by atoms with E-state index in [2.05, 4.69) is 24.2 Å². The molecule has 2 aliphatic heterocycles. The molecule has 0 aromatic carbocycles. The van der Waals surface area contributed by atoms with Gasteiger partial charge in [0.1, 0.15) is 0 Å². The first-order valence-electron chi connectivity index (χ1n) is 6.70. The fourth-order valence-electron chi connectivity index (χ4n) is 2.56. The molecule has 4 nitrogen and oxygen atoms in total. The molecule has 0 amide bonds. The van der Waals surface area contributed by atoms with E-state index >= 15 is 0 Å². The molecule has 0 bridgehead atoms. The van der Waals surface area contributed by atoms with Crippen LogP contribution in [-0.2, 0) is 9.47 Å². The Morgan fingerprint density at radius 1 is 1.18 bits per heavy atom. The molecule has 0 saturated carbocycles. The largest absolute Gasteiger partial charge is 0.349 e. The number of piperidine rings is 1. The fraction of sp³-hybridized carbons (Fsp3) is 1.00. The van der Waals surface area contributed by atoms with Crippen LogP contribution in [0.2, 0.25) is 0 Å². The molecule has 2 heterocycles. The Morgan fingerprint density at radius 2 is 1.82 bits per heavy atom. The molecule has 0 radical (unpaired) electrons. The Kier molecular flexibility index (Phi) is 4.08. The van der Waals surface area contributed by atoms with E-state index in [0.29, 0.717) is 18.1 Å². The van der Waals surface area contributed by atoms with Crippen molar-refractivity contribution in [3.63, 3.8) is 0 Å². The summed E-state index contributed by atoms with van der Waals surface area (Å²) < 4.78 is 11.3. The van der Waals surface area contributed by atoms with E-state index in [9.17, 15) is 0 Å². The van der Waals surface area contributed by atoms with E-state index < -0.39 is 5.79 Å². The van der Waals surface area contributed by atoms with Gasteiger partial charge in [-0.15, -0.1) is 0 Å². The Hall–Kier alpha value is -0.160. The zero-order valence-corrected chi connectivity index (χ0v) is 11.5. The first-order valence-corrected chi connectivity index (χ1v) is 6.70. The second-order valence-electron chi connectivity index (χ2n) is 5.94. The molecular formula is C13H26N2O2. The summed E-state index contributed by atoms with van der Waals surface area (Å²) in [5.74, 6) is -0.405. The number of ether oxygens (including phenoxy) is 2. The number of likely N-dealkylation sites (tertiary alicyclic amines) is 1. The third kappa shape index (κ3) is 3.65. The van der Waals surface area contributed by atoms with Gasteiger partial charge >= 0.3 is 0 Å². The van der Waals surface area contributed by atoms with Gasteiger partial charge in [0.2, 0.25) is 0 Å². The summed E-state index contributed by atoms with van der Waals surface area (Å²) in [6.45, 7) is 8.94. The van der Waals surface area contributed by atoms with Crippen molar-refractivity contribution >= 4 is 0 Å². The maximum absolute atomic E-state index is 5.67. The van der Waals surface area contributed by atoms with Crippen molar-refractivity contribution < 1.29 is 9.47 Å². The maximum atomic E-state index is 5.67. The standard InChI is InChI=1S/C13H26N2O2/c1-10-7-11(5-6-15(10)4)14-12-8-16-13(2,3)17-9-12/h10-12,14H,5-9H2,1-4H3. The van der Waals surface area contributed by atoms with Crippen LogP contribution in [-0.4, -0.2) is 55.6 Å². The van der Waals surface area contributed by atoms with Gasteiger partial charge in [-0.1, -0.05) is 0 Å². The highest BCUT2D eigenvalue weighted by atomic mass is 16.7. The van der Waals surface area contributed by atoms with Gasteiger partial charge in [-0.25, -0.2) is 0 Å². The second-order valence-corrected chi connectivity index (χ2v) is 5.94. The number of rotatable bonds is 2. The SMILES string of the molecule is CC1CC(NC2COC(C)(C)OC2)CCN1C. The Bertz CT molecular complexity index is 248. The Balaban J connectivity index is 1.75. The second kappa shape index (κ2) is 5.22. The molecule has 2 fully saturated rings. The average molecular weight is 242 g/mol. The van der Waals surface area contributed by atoms with Crippen molar-refractivity contribution in [2.24, 2.45) is 0 Å². The van der Waals surface area contributed by atoms with Crippen LogP contribution in [0.1, 0.15) is 33.6 Å². The van der Waals surface area contributed by atoms with Gasteiger partial charge in [-0.05, 0) is 47.2 Å². The minimum atomic E-state index is -0.405. The van der Waals surface area contributed by atoms with Crippen molar-refractivity contribution in [3.8, 4) is 0 Å². The van der Waals surface area contributed by atoms with Gasteiger partial charge in [0.15, 0.2) is 5.79 Å². The van der Waals surface area contributed by atoms with Crippen LogP contribution in [0.5, 0.6) is 0 Å². The minimum absolute atomic E-state index is 0.351. The lowest BCUT2D eigenvalue weighted by Crippen LogP contribution is -2.54. The zero-order chi connectivity index (χ0) is 12.5. The van der Waals surface area contributed by atoms with Crippen LogP contribution in [0.25, 0.3) is 0 Å². The van der Waals surface area contributed by atoms with Crippen molar-refractivity contribution in [2.45, 2.75) is 57.5 Å². The van der Waals surface area contributed by atoms with Crippen molar-refractivity contribution in [1.82, 2.24) is 10.2 Å². The molecule has 2 rings (SSSR count). The molecule has 2 atom stereocenters. The topological polar surface area (TPSA) is 33.7 Å². The molecule has 2 saturated heterocycles. The van der Waals surface area contributed by atoms with Crippen molar-refractivity contribution in [3.05, 3.63) is 0 Å². The predicted molar refractivity (Wildman–Crippen MR) is 68.0 cm³/mol. The van der Waals surface area contributed by atoms with E-state index in [1.54, 1.807) is 0 Å². The van der Waals surface area contributed by atoms with Crippen molar-refractivity contribution in [2.75, 3.05) is 26.8 Å². The normalized spacial score (nSPS) is 36.0. The molecule has 2 aliphatic rings. The van der Waals surface area contributed by atoms with Crippen LogP contribution in [0.4, 0.5) is 0 Å². The zero-order valence-electron chi connectivity index (χ0n) is 11.5. The highest BCUT2D eigenvalue weighted by Crippen LogP contribution is 2.20. The summed E-state index contributed by atoms with van der Waals surface area (Å²) >= 11 is 0. The summed E-state index contributed by atoms with van der Waals surface area (Å²) in [5.41, 5.74) is 0. The van der Waals surface area contributed by atoms with Crippen molar-refractivity contribution in [1.29, 1.82) is 0 Å². The molecule has 2 unspecified atom stereocenters. The smallest absolute Gasteiger partial charge is 0.162 e.